The Morgan fingerprint density at radius 2 is 1.57 bits per heavy atom. The summed E-state index contributed by atoms with van der Waals surface area (Å²) in [5.74, 6) is 2.20. The van der Waals surface area contributed by atoms with Gasteiger partial charge in [0.25, 0.3) is 0 Å². The Morgan fingerprint density at radius 1 is 0.952 bits per heavy atom. The van der Waals surface area contributed by atoms with Crippen molar-refractivity contribution in [1.29, 1.82) is 0 Å². The molecule has 0 aromatic heterocycles. The van der Waals surface area contributed by atoms with E-state index in [0.717, 1.165) is 22.6 Å². The average Bonchev–Trinajstić information content (AvgIpc) is 2.56. The second-order valence-electron chi connectivity index (χ2n) is 5.34. The number of aliphatic hydroxyl groups excluding tert-OH is 1. The predicted molar refractivity (Wildman–Crippen MR) is 93.8 cm³/mol. The Hall–Kier alpha value is -0.900. The molecule has 1 saturated heterocycles. The maximum absolute atomic E-state index is 11.2. The van der Waals surface area contributed by atoms with Gasteiger partial charge in [-0.25, -0.2) is 0 Å². The molecule has 0 radical (unpaired) electrons. The van der Waals surface area contributed by atoms with Crippen LogP contribution in [-0.4, -0.2) is 16.6 Å². The Bertz CT molecular complexity index is 591. The van der Waals surface area contributed by atoms with Crippen molar-refractivity contribution in [3.05, 3.63) is 71.3 Å². The first-order valence-corrected chi connectivity index (χ1v) is 9.28. The first kappa shape index (κ1) is 15.0. The molecular weight excluding hydrogens is 296 g/mol. The summed E-state index contributed by atoms with van der Waals surface area (Å²) in [6.07, 6.45) is 0.723. The highest BCUT2D eigenvalue weighted by Crippen LogP contribution is 2.57. The van der Waals surface area contributed by atoms with E-state index < -0.39 is 6.10 Å². The highest BCUT2D eigenvalue weighted by molar-refractivity contribution is 8.18. The van der Waals surface area contributed by atoms with E-state index in [-0.39, 0.29) is 4.08 Å². The van der Waals surface area contributed by atoms with Crippen LogP contribution in [0.25, 0.3) is 0 Å². The zero-order chi connectivity index (χ0) is 14.7. The fourth-order valence-electron chi connectivity index (χ4n) is 2.80. The fourth-order valence-corrected chi connectivity index (χ4v) is 6.17. The van der Waals surface area contributed by atoms with E-state index in [4.69, 9.17) is 0 Å². The van der Waals surface area contributed by atoms with Crippen LogP contribution >= 0.6 is 23.5 Å². The van der Waals surface area contributed by atoms with Gasteiger partial charge in [-0.1, -0.05) is 54.6 Å². The molecule has 2 aromatic carbocycles. The molecule has 1 aliphatic rings. The van der Waals surface area contributed by atoms with Crippen LogP contribution in [0.4, 0.5) is 0 Å². The first-order chi connectivity index (χ1) is 10.2. The lowest BCUT2D eigenvalue weighted by Crippen LogP contribution is -2.30. The van der Waals surface area contributed by atoms with E-state index in [1.807, 2.05) is 41.7 Å². The number of thioether (sulfide) groups is 2. The fraction of sp³-hybridized carbons (Fsp3) is 0.333. The summed E-state index contributed by atoms with van der Waals surface area (Å²) in [5, 5.41) is 11.2. The standard InChI is InChI=1S/C18H20OS2/c1-14-8-5-6-11-16(14)17(19)18(20-12-7-13-21-18)15-9-3-2-4-10-15/h2-6,8-11,17,19H,7,12-13H2,1H3. The predicted octanol–water partition coefficient (Wildman–Crippen LogP) is 4.75. The molecule has 0 bridgehead atoms. The Kier molecular flexibility index (Phi) is 4.63. The minimum Gasteiger partial charge on any atom is -0.386 e. The highest BCUT2D eigenvalue weighted by Gasteiger charge is 2.43. The molecule has 1 atom stereocenters. The van der Waals surface area contributed by atoms with Gasteiger partial charge in [0, 0.05) is 0 Å². The minimum absolute atomic E-state index is 0.286. The van der Waals surface area contributed by atoms with Crippen molar-refractivity contribution in [1.82, 2.24) is 0 Å². The third-order valence-corrected chi connectivity index (χ3v) is 7.41. The molecule has 0 amide bonds. The van der Waals surface area contributed by atoms with E-state index in [0.29, 0.717) is 0 Å². The van der Waals surface area contributed by atoms with Gasteiger partial charge in [0.05, 0.1) is 0 Å². The molecule has 2 aromatic rings. The number of benzene rings is 2. The van der Waals surface area contributed by atoms with Gasteiger partial charge in [-0.05, 0) is 41.5 Å². The van der Waals surface area contributed by atoms with Crippen molar-refractivity contribution in [2.24, 2.45) is 0 Å². The van der Waals surface area contributed by atoms with Gasteiger partial charge in [-0.3, -0.25) is 0 Å². The molecule has 21 heavy (non-hydrogen) atoms. The zero-order valence-electron chi connectivity index (χ0n) is 12.2. The second kappa shape index (κ2) is 6.47. The van der Waals surface area contributed by atoms with Crippen LogP contribution in [0, 0.1) is 6.92 Å². The van der Waals surface area contributed by atoms with E-state index in [1.165, 1.54) is 12.0 Å². The summed E-state index contributed by atoms with van der Waals surface area (Å²) in [6, 6.07) is 18.6. The molecule has 0 spiro atoms. The summed E-state index contributed by atoms with van der Waals surface area (Å²) in [5.41, 5.74) is 3.42. The smallest absolute Gasteiger partial charge is 0.116 e. The molecule has 1 nitrogen and oxygen atoms in total. The molecule has 0 aliphatic carbocycles. The lowest BCUT2D eigenvalue weighted by Gasteiger charge is -2.41. The second-order valence-corrected chi connectivity index (χ2v) is 8.28. The molecule has 1 aliphatic heterocycles. The number of hydrogen-bond acceptors (Lipinski definition) is 3. The topological polar surface area (TPSA) is 20.2 Å². The van der Waals surface area contributed by atoms with Gasteiger partial charge in [-0.2, -0.15) is 0 Å². The van der Waals surface area contributed by atoms with Crippen LogP contribution in [0.15, 0.2) is 54.6 Å². The van der Waals surface area contributed by atoms with E-state index in [9.17, 15) is 5.11 Å². The van der Waals surface area contributed by atoms with Crippen LogP contribution in [0.3, 0.4) is 0 Å². The largest absolute Gasteiger partial charge is 0.386 e. The number of aliphatic hydroxyl groups is 1. The first-order valence-electron chi connectivity index (χ1n) is 7.31. The molecule has 1 heterocycles. The van der Waals surface area contributed by atoms with Crippen LogP contribution in [0.5, 0.6) is 0 Å². The molecule has 1 fully saturated rings. The summed E-state index contributed by atoms with van der Waals surface area (Å²) < 4.78 is -0.286. The molecule has 110 valence electrons. The van der Waals surface area contributed by atoms with Crippen LogP contribution in [0.1, 0.15) is 29.2 Å². The van der Waals surface area contributed by atoms with Crippen molar-refractivity contribution in [3.8, 4) is 0 Å². The monoisotopic (exact) mass is 316 g/mol. The maximum Gasteiger partial charge on any atom is 0.116 e. The lowest BCUT2D eigenvalue weighted by molar-refractivity contribution is 0.162. The van der Waals surface area contributed by atoms with E-state index >= 15 is 0 Å². The SMILES string of the molecule is Cc1ccccc1C(O)C1(c2ccccc2)SCCCS1. The molecule has 1 unspecified atom stereocenters. The Balaban J connectivity index is 2.06. The zero-order valence-corrected chi connectivity index (χ0v) is 13.8. The van der Waals surface area contributed by atoms with Crippen LogP contribution in [-0.2, 0) is 4.08 Å². The molecule has 3 rings (SSSR count). The van der Waals surface area contributed by atoms with Crippen molar-refractivity contribution in [3.63, 3.8) is 0 Å². The third kappa shape index (κ3) is 2.87. The number of hydrogen-bond donors (Lipinski definition) is 1. The Labute approximate surface area is 135 Å². The number of aryl methyl sites for hydroxylation is 1. The molecule has 0 saturated carbocycles. The van der Waals surface area contributed by atoms with Crippen LogP contribution in [0.2, 0.25) is 0 Å². The summed E-state index contributed by atoms with van der Waals surface area (Å²) >= 11 is 3.78. The summed E-state index contributed by atoms with van der Waals surface area (Å²) in [6.45, 7) is 2.08. The van der Waals surface area contributed by atoms with Gasteiger partial charge in [0.1, 0.15) is 10.2 Å². The van der Waals surface area contributed by atoms with Crippen molar-refractivity contribution in [2.75, 3.05) is 11.5 Å². The summed E-state index contributed by atoms with van der Waals surface area (Å²) in [4.78, 5) is 0. The quantitative estimate of drug-likeness (QED) is 0.882. The normalized spacial score (nSPS) is 19.1. The van der Waals surface area contributed by atoms with Gasteiger partial charge in [-0.15, -0.1) is 23.5 Å². The summed E-state index contributed by atoms with van der Waals surface area (Å²) in [7, 11) is 0. The minimum atomic E-state index is -0.489. The van der Waals surface area contributed by atoms with Gasteiger partial charge in [0.15, 0.2) is 0 Å². The molecule has 1 N–H and O–H groups in total. The van der Waals surface area contributed by atoms with Crippen molar-refractivity contribution in [2.45, 2.75) is 23.5 Å². The lowest BCUT2D eigenvalue weighted by atomic mass is 9.96. The van der Waals surface area contributed by atoms with Gasteiger partial charge < -0.3 is 5.11 Å². The van der Waals surface area contributed by atoms with Crippen molar-refractivity contribution < 1.29 is 5.11 Å². The third-order valence-electron chi connectivity index (χ3n) is 3.94. The van der Waals surface area contributed by atoms with Crippen LogP contribution < -0.4 is 0 Å². The molecule has 3 heteroatoms. The van der Waals surface area contributed by atoms with E-state index in [1.54, 1.807) is 0 Å². The van der Waals surface area contributed by atoms with Crippen molar-refractivity contribution >= 4 is 23.5 Å². The highest BCUT2D eigenvalue weighted by atomic mass is 32.2. The molecular formula is C18H20OS2. The van der Waals surface area contributed by atoms with Gasteiger partial charge in [0.2, 0.25) is 0 Å². The van der Waals surface area contributed by atoms with Gasteiger partial charge >= 0.3 is 0 Å². The maximum atomic E-state index is 11.2. The number of rotatable bonds is 3. The Morgan fingerprint density at radius 3 is 2.24 bits per heavy atom. The average molecular weight is 316 g/mol. The van der Waals surface area contributed by atoms with E-state index in [2.05, 4.69) is 43.3 Å².